The van der Waals surface area contributed by atoms with Gasteiger partial charge in [-0.1, -0.05) is 36.4 Å². The number of carbonyl (C=O) groups excluding carboxylic acids is 2. The van der Waals surface area contributed by atoms with Gasteiger partial charge in [0.15, 0.2) is 5.78 Å². The maximum atomic E-state index is 14.2. The minimum absolute atomic E-state index is 0.00554. The monoisotopic (exact) mass is 478 g/mol. The lowest BCUT2D eigenvalue weighted by Gasteiger charge is -2.32. The number of allylic oxidation sites excluding steroid dienone is 1. The lowest BCUT2D eigenvalue weighted by Crippen LogP contribution is -2.35. The summed E-state index contributed by atoms with van der Waals surface area (Å²) in [5.74, 6) is -0.0910. The zero-order valence-electron chi connectivity index (χ0n) is 19.7. The van der Waals surface area contributed by atoms with Gasteiger partial charge in [-0.3, -0.25) is 4.79 Å². The van der Waals surface area contributed by atoms with Crippen LogP contribution in [0.5, 0.6) is 17.2 Å². The Morgan fingerprint density at radius 1 is 0.912 bits per heavy atom. The Morgan fingerprint density at radius 3 is 2.06 bits per heavy atom. The molecule has 1 heterocycles. The predicted octanol–water partition coefficient (Wildman–Crippen LogP) is 5.02. The van der Waals surface area contributed by atoms with Crippen LogP contribution < -0.4 is 14.2 Å². The zero-order valence-corrected chi connectivity index (χ0v) is 20.5. The second kappa shape index (κ2) is 9.35. The number of ketones is 1. The van der Waals surface area contributed by atoms with Crippen molar-refractivity contribution in [2.24, 2.45) is 0 Å². The van der Waals surface area contributed by atoms with E-state index in [0.29, 0.717) is 28.4 Å². The first kappa shape index (κ1) is 23.6. The summed E-state index contributed by atoms with van der Waals surface area (Å²) in [6.07, 6.45) is 0. The maximum absolute atomic E-state index is 14.2. The fraction of sp³-hybridized carbons (Fsp3) is 0.259. The van der Waals surface area contributed by atoms with E-state index in [1.165, 1.54) is 32.7 Å². The molecule has 0 bridgehead atoms. The summed E-state index contributed by atoms with van der Waals surface area (Å²) >= 11 is 1.53. The first-order valence-electron chi connectivity index (χ1n) is 10.7. The summed E-state index contributed by atoms with van der Waals surface area (Å²) in [5.41, 5.74) is 0.788. The molecular weight excluding hydrogens is 452 g/mol. The van der Waals surface area contributed by atoms with Crippen molar-refractivity contribution < 1.29 is 28.5 Å². The largest absolute Gasteiger partial charge is 0.496 e. The third-order valence-corrected chi connectivity index (χ3v) is 7.35. The molecule has 0 aliphatic heterocycles. The average molecular weight is 479 g/mol. The summed E-state index contributed by atoms with van der Waals surface area (Å²) < 4.78 is 22.0. The molecule has 4 rings (SSSR count). The number of hydrogen-bond donors (Lipinski definition) is 0. The number of thiophene rings is 1. The number of Topliss-reactive ketones (excluding diaryl/α,β-unsaturated/α-hetero) is 1. The van der Waals surface area contributed by atoms with Gasteiger partial charge in [-0.25, -0.2) is 4.79 Å². The summed E-state index contributed by atoms with van der Waals surface area (Å²) in [7, 11) is 5.89. The normalized spacial score (nSPS) is 19.8. The Balaban J connectivity index is 2.13. The molecule has 0 saturated carbocycles. The first-order chi connectivity index (χ1) is 16.4. The van der Waals surface area contributed by atoms with Crippen LogP contribution >= 0.6 is 11.3 Å². The number of benzene rings is 2. The van der Waals surface area contributed by atoms with Gasteiger partial charge < -0.3 is 18.9 Å². The first-order valence-corrected chi connectivity index (χ1v) is 11.6. The van der Waals surface area contributed by atoms with Gasteiger partial charge in [-0.15, -0.1) is 11.3 Å². The van der Waals surface area contributed by atoms with Crippen molar-refractivity contribution in [3.63, 3.8) is 0 Å². The van der Waals surface area contributed by atoms with Crippen molar-refractivity contribution in [2.75, 3.05) is 28.4 Å². The SMILES string of the molecule is COC(=O)C1=C(c2c(OC)cc(OC)cc2OC)[C@H](c2cccs2)[C@@](C)(c2ccccc2)C1=O. The molecular formula is C27H26O6S. The maximum Gasteiger partial charge on any atom is 0.341 e. The van der Waals surface area contributed by atoms with Gasteiger partial charge in [0, 0.05) is 22.9 Å². The Hall–Kier alpha value is -3.58. The van der Waals surface area contributed by atoms with Gasteiger partial charge in [0.1, 0.15) is 22.8 Å². The summed E-state index contributed by atoms with van der Waals surface area (Å²) in [6, 6.07) is 16.9. The minimum atomic E-state index is -1.05. The smallest absolute Gasteiger partial charge is 0.341 e. The molecule has 1 aliphatic carbocycles. The Labute approximate surface area is 202 Å². The summed E-state index contributed by atoms with van der Waals surface area (Å²) in [4.78, 5) is 28.3. The lowest BCUT2D eigenvalue weighted by atomic mass is 9.69. The standard InChI is InChI=1S/C27H26O6S/c1-27(16-10-7-6-8-11-16)24(20-12-9-13-34-20)22(23(25(27)28)26(29)33-5)21-18(31-3)14-17(30-2)15-19(21)32-4/h6-15,24H,1-5H3/t24-,27+/m0/s1. The van der Waals surface area contributed by atoms with Gasteiger partial charge in [-0.2, -0.15) is 0 Å². The van der Waals surface area contributed by atoms with Gasteiger partial charge in [-0.05, 0) is 29.5 Å². The fourth-order valence-electron chi connectivity index (χ4n) is 4.76. The molecule has 7 heteroatoms. The molecule has 0 spiro atoms. The molecule has 0 radical (unpaired) electrons. The molecule has 6 nitrogen and oxygen atoms in total. The van der Waals surface area contributed by atoms with E-state index in [4.69, 9.17) is 18.9 Å². The van der Waals surface area contributed by atoms with E-state index in [-0.39, 0.29) is 11.4 Å². The van der Waals surface area contributed by atoms with E-state index < -0.39 is 17.3 Å². The molecule has 34 heavy (non-hydrogen) atoms. The second-order valence-electron chi connectivity index (χ2n) is 8.03. The van der Waals surface area contributed by atoms with E-state index in [0.717, 1.165) is 10.4 Å². The average Bonchev–Trinajstić information content (AvgIpc) is 3.48. The highest BCUT2D eigenvalue weighted by atomic mass is 32.1. The van der Waals surface area contributed by atoms with Crippen LogP contribution in [0.1, 0.15) is 28.8 Å². The third kappa shape index (κ3) is 3.56. The van der Waals surface area contributed by atoms with Crippen molar-refractivity contribution in [2.45, 2.75) is 18.3 Å². The minimum Gasteiger partial charge on any atom is -0.496 e. The lowest BCUT2D eigenvalue weighted by molar-refractivity contribution is -0.138. The van der Waals surface area contributed by atoms with Crippen molar-refractivity contribution in [1.82, 2.24) is 0 Å². The van der Waals surface area contributed by atoms with E-state index in [1.807, 2.05) is 54.8 Å². The fourth-order valence-corrected chi connectivity index (χ4v) is 5.72. The molecule has 0 amide bonds. The summed E-state index contributed by atoms with van der Waals surface area (Å²) in [5, 5.41) is 1.96. The van der Waals surface area contributed by atoms with Crippen LogP contribution in [-0.4, -0.2) is 40.2 Å². The van der Waals surface area contributed by atoms with Crippen molar-refractivity contribution in [3.05, 3.63) is 81.6 Å². The molecule has 2 aromatic carbocycles. The van der Waals surface area contributed by atoms with E-state index in [9.17, 15) is 9.59 Å². The molecule has 1 aromatic heterocycles. The number of methoxy groups -OCH3 is 4. The second-order valence-corrected chi connectivity index (χ2v) is 9.01. The molecule has 2 atom stereocenters. The quantitative estimate of drug-likeness (QED) is 0.351. The number of esters is 1. The highest BCUT2D eigenvalue weighted by Gasteiger charge is 2.56. The molecule has 0 N–H and O–H groups in total. The zero-order chi connectivity index (χ0) is 24.5. The number of hydrogen-bond acceptors (Lipinski definition) is 7. The highest BCUT2D eigenvalue weighted by Crippen LogP contribution is 2.59. The van der Waals surface area contributed by atoms with Crippen molar-refractivity contribution >= 4 is 28.7 Å². The summed E-state index contributed by atoms with van der Waals surface area (Å²) in [6.45, 7) is 1.88. The van der Waals surface area contributed by atoms with Gasteiger partial charge in [0.05, 0.1) is 39.4 Å². The third-order valence-electron chi connectivity index (χ3n) is 6.41. The Bertz CT molecular complexity index is 1220. The van der Waals surface area contributed by atoms with Crippen LogP contribution in [0, 0.1) is 0 Å². The molecule has 0 fully saturated rings. The Morgan fingerprint density at radius 2 is 1.56 bits per heavy atom. The Kier molecular flexibility index (Phi) is 6.48. The van der Waals surface area contributed by atoms with Crippen LogP contribution in [-0.2, 0) is 19.7 Å². The predicted molar refractivity (Wildman–Crippen MR) is 131 cm³/mol. The van der Waals surface area contributed by atoms with Gasteiger partial charge >= 0.3 is 5.97 Å². The van der Waals surface area contributed by atoms with Crippen LogP contribution in [0.25, 0.3) is 5.57 Å². The number of ether oxygens (including phenoxy) is 4. The van der Waals surface area contributed by atoms with Gasteiger partial charge in [0.2, 0.25) is 0 Å². The van der Waals surface area contributed by atoms with Crippen LogP contribution in [0.2, 0.25) is 0 Å². The van der Waals surface area contributed by atoms with Gasteiger partial charge in [0.25, 0.3) is 0 Å². The highest BCUT2D eigenvalue weighted by molar-refractivity contribution is 7.10. The van der Waals surface area contributed by atoms with E-state index in [2.05, 4.69) is 0 Å². The number of carbonyl (C=O) groups is 2. The molecule has 1 aliphatic rings. The van der Waals surface area contributed by atoms with E-state index >= 15 is 0 Å². The van der Waals surface area contributed by atoms with Crippen molar-refractivity contribution in [1.29, 1.82) is 0 Å². The molecule has 0 saturated heterocycles. The molecule has 3 aromatic rings. The van der Waals surface area contributed by atoms with Crippen molar-refractivity contribution in [3.8, 4) is 17.2 Å². The van der Waals surface area contributed by atoms with Crippen LogP contribution in [0.15, 0.2) is 65.6 Å². The molecule has 0 unspecified atom stereocenters. The van der Waals surface area contributed by atoms with E-state index in [1.54, 1.807) is 19.2 Å². The topological polar surface area (TPSA) is 71.1 Å². The van der Waals surface area contributed by atoms with Crippen LogP contribution in [0.4, 0.5) is 0 Å². The van der Waals surface area contributed by atoms with Crippen LogP contribution in [0.3, 0.4) is 0 Å². The number of rotatable bonds is 7. The molecule has 176 valence electrons.